The molecule has 0 radical (unpaired) electrons. The third kappa shape index (κ3) is 2.47. The molecule has 0 amide bonds. The molecular weight excluding hydrogens is 240 g/mol. The minimum absolute atomic E-state index is 0.218. The topological polar surface area (TPSA) is 44.2 Å². The maximum Gasteiger partial charge on any atom is 0.222 e. The summed E-state index contributed by atoms with van der Waals surface area (Å²) in [5.74, 6) is 1.48. The van der Waals surface area contributed by atoms with Gasteiger partial charge in [-0.25, -0.2) is 9.97 Å². The molecule has 2 rings (SSSR count). The van der Waals surface area contributed by atoms with E-state index in [2.05, 4.69) is 9.97 Å². The van der Waals surface area contributed by atoms with Crippen LogP contribution in [0.1, 0.15) is 0 Å². The van der Waals surface area contributed by atoms with Gasteiger partial charge in [0.25, 0.3) is 0 Å². The molecule has 0 atom stereocenters. The van der Waals surface area contributed by atoms with Gasteiger partial charge in [0.05, 0.1) is 14.2 Å². The summed E-state index contributed by atoms with van der Waals surface area (Å²) in [4.78, 5) is 7.89. The lowest BCUT2D eigenvalue weighted by molar-refractivity contribution is 0.404. The molecule has 17 heavy (non-hydrogen) atoms. The van der Waals surface area contributed by atoms with Crippen molar-refractivity contribution in [3.8, 4) is 22.6 Å². The van der Waals surface area contributed by atoms with E-state index in [-0.39, 0.29) is 5.28 Å². The van der Waals surface area contributed by atoms with Crippen molar-refractivity contribution < 1.29 is 9.47 Å². The number of methoxy groups -OCH3 is 2. The monoisotopic (exact) mass is 250 g/mol. The molecule has 1 heterocycles. The molecular formula is C12H11ClN2O2. The molecule has 1 aromatic carbocycles. The smallest absolute Gasteiger partial charge is 0.222 e. The third-order valence-electron chi connectivity index (χ3n) is 2.34. The van der Waals surface area contributed by atoms with Crippen molar-refractivity contribution in [1.29, 1.82) is 0 Å². The highest BCUT2D eigenvalue weighted by Crippen LogP contribution is 2.32. The number of aromatic nitrogens is 2. The normalized spacial score (nSPS) is 10.1. The zero-order valence-electron chi connectivity index (χ0n) is 9.48. The largest absolute Gasteiger partial charge is 0.497 e. The van der Waals surface area contributed by atoms with Crippen molar-refractivity contribution in [2.75, 3.05) is 14.2 Å². The average Bonchev–Trinajstić information content (AvgIpc) is 2.39. The SMILES string of the molecule is COc1ccc(OC)c(-c2cnc(Cl)nc2)c1. The van der Waals surface area contributed by atoms with Crippen LogP contribution in [0.3, 0.4) is 0 Å². The van der Waals surface area contributed by atoms with E-state index in [9.17, 15) is 0 Å². The summed E-state index contributed by atoms with van der Waals surface area (Å²) in [7, 11) is 3.23. The fourth-order valence-corrected chi connectivity index (χ4v) is 1.59. The first-order valence-electron chi connectivity index (χ1n) is 4.94. The Bertz CT molecular complexity index is 514. The summed E-state index contributed by atoms with van der Waals surface area (Å²) in [5.41, 5.74) is 1.69. The van der Waals surface area contributed by atoms with Gasteiger partial charge in [-0.05, 0) is 29.8 Å². The zero-order chi connectivity index (χ0) is 12.3. The molecule has 0 unspecified atom stereocenters. The van der Waals surface area contributed by atoms with E-state index in [0.29, 0.717) is 0 Å². The van der Waals surface area contributed by atoms with Crippen molar-refractivity contribution in [2.24, 2.45) is 0 Å². The number of ether oxygens (including phenoxy) is 2. The van der Waals surface area contributed by atoms with E-state index in [0.717, 1.165) is 22.6 Å². The summed E-state index contributed by atoms with van der Waals surface area (Å²) in [5, 5.41) is 0.218. The lowest BCUT2D eigenvalue weighted by Crippen LogP contribution is -1.91. The van der Waals surface area contributed by atoms with Gasteiger partial charge in [0.1, 0.15) is 11.5 Å². The number of nitrogens with zero attached hydrogens (tertiary/aromatic N) is 2. The van der Waals surface area contributed by atoms with Gasteiger partial charge in [0, 0.05) is 23.5 Å². The quantitative estimate of drug-likeness (QED) is 0.786. The van der Waals surface area contributed by atoms with Crippen LogP contribution in [0.15, 0.2) is 30.6 Å². The van der Waals surface area contributed by atoms with Crippen molar-refractivity contribution in [3.63, 3.8) is 0 Å². The number of halogens is 1. The Morgan fingerprint density at radius 2 is 1.76 bits per heavy atom. The summed E-state index contributed by atoms with van der Waals surface area (Å²) in [6.45, 7) is 0. The Kier molecular flexibility index (Phi) is 3.44. The molecule has 0 saturated carbocycles. The van der Waals surface area contributed by atoms with Crippen LogP contribution in [0.4, 0.5) is 0 Å². The van der Waals surface area contributed by atoms with Crippen molar-refractivity contribution in [1.82, 2.24) is 9.97 Å². The molecule has 5 heteroatoms. The molecule has 0 spiro atoms. The number of rotatable bonds is 3. The Balaban J connectivity index is 2.51. The maximum atomic E-state index is 5.65. The highest BCUT2D eigenvalue weighted by atomic mass is 35.5. The van der Waals surface area contributed by atoms with Crippen LogP contribution in [0.2, 0.25) is 5.28 Å². The van der Waals surface area contributed by atoms with Crippen molar-refractivity contribution in [2.45, 2.75) is 0 Å². The molecule has 0 saturated heterocycles. The van der Waals surface area contributed by atoms with Crippen molar-refractivity contribution >= 4 is 11.6 Å². The predicted molar refractivity (Wildman–Crippen MR) is 65.6 cm³/mol. The van der Waals surface area contributed by atoms with Gasteiger partial charge in [-0.2, -0.15) is 0 Å². The Labute approximate surface area is 104 Å². The molecule has 0 fully saturated rings. The zero-order valence-corrected chi connectivity index (χ0v) is 10.2. The summed E-state index contributed by atoms with van der Waals surface area (Å²) in [6, 6.07) is 5.54. The number of hydrogen-bond acceptors (Lipinski definition) is 4. The molecule has 0 bridgehead atoms. The molecule has 0 N–H and O–H groups in total. The van der Waals surface area contributed by atoms with Crippen LogP contribution in [0, 0.1) is 0 Å². The lowest BCUT2D eigenvalue weighted by Gasteiger charge is -2.09. The van der Waals surface area contributed by atoms with Gasteiger partial charge >= 0.3 is 0 Å². The van der Waals surface area contributed by atoms with E-state index < -0.39 is 0 Å². The maximum absolute atomic E-state index is 5.65. The van der Waals surface area contributed by atoms with Crippen LogP contribution in [0.25, 0.3) is 11.1 Å². The van der Waals surface area contributed by atoms with Crippen LogP contribution in [0.5, 0.6) is 11.5 Å². The van der Waals surface area contributed by atoms with Gasteiger partial charge in [0.2, 0.25) is 5.28 Å². The molecule has 1 aromatic heterocycles. The van der Waals surface area contributed by atoms with E-state index >= 15 is 0 Å². The lowest BCUT2D eigenvalue weighted by atomic mass is 10.1. The van der Waals surface area contributed by atoms with Gasteiger partial charge < -0.3 is 9.47 Å². The van der Waals surface area contributed by atoms with E-state index in [1.165, 1.54) is 0 Å². The second kappa shape index (κ2) is 5.01. The summed E-state index contributed by atoms with van der Waals surface area (Å²) in [6.07, 6.45) is 3.29. The first-order chi connectivity index (χ1) is 8.24. The summed E-state index contributed by atoms with van der Waals surface area (Å²) >= 11 is 5.65. The first-order valence-corrected chi connectivity index (χ1v) is 5.32. The van der Waals surface area contributed by atoms with E-state index in [1.54, 1.807) is 26.6 Å². The minimum atomic E-state index is 0.218. The van der Waals surface area contributed by atoms with Gasteiger partial charge in [-0.15, -0.1) is 0 Å². The molecule has 0 aliphatic rings. The van der Waals surface area contributed by atoms with Gasteiger partial charge in [0.15, 0.2) is 0 Å². The fraction of sp³-hybridized carbons (Fsp3) is 0.167. The Hall–Kier alpha value is -1.81. The Morgan fingerprint density at radius 3 is 2.35 bits per heavy atom. The number of benzene rings is 1. The molecule has 88 valence electrons. The van der Waals surface area contributed by atoms with Crippen LogP contribution in [-0.4, -0.2) is 24.2 Å². The third-order valence-corrected chi connectivity index (χ3v) is 2.53. The van der Waals surface area contributed by atoms with Gasteiger partial charge in [-0.3, -0.25) is 0 Å². The molecule has 4 nitrogen and oxygen atoms in total. The predicted octanol–water partition coefficient (Wildman–Crippen LogP) is 2.81. The van der Waals surface area contributed by atoms with Gasteiger partial charge in [-0.1, -0.05) is 0 Å². The van der Waals surface area contributed by atoms with Crippen LogP contribution < -0.4 is 9.47 Å². The first kappa shape index (κ1) is 11.7. The average molecular weight is 251 g/mol. The second-order valence-electron chi connectivity index (χ2n) is 3.31. The van der Waals surface area contributed by atoms with Crippen LogP contribution in [-0.2, 0) is 0 Å². The minimum Gasteiger partial charge on any atom is -0.497 e. The molecule has 2 aromatic rings. The van der Waals surface area contributed by atoms with Crippen LogP contribution >= 0.6 is 11.6 Å². The summed E-state index contributed by atoms with van der Waals surface area (Å²) < 4.78 is 10.5. The highest BCUT2D eigenvalue weighted by Gasteiger charge is 2.08. The standard InChI is InChI=1S/C12H11ClN2O2/c1-16-9-3-4-11(17-2)10(5-9)8-6-14-12(13)15-7-8/h3-7H,1-2H3. The Morgan fingerprint density at radius 1 is 1.06 bits per heavy atom. The number of hydrogen-bond donors (Lipinski definition) is 0. The second-order valence-corrected chi connectivity index (χ2v) is 3.65. The molecule has 0 aliphatic heterocycles. The van der Waals surface area contributed by atoms with E-state index in [1.807, 2.05) is 18.2 Å². The molecule has 0 aliphatic carbocycles. The van der Waals surface area contributed by atoms with Crippen molar-refractivity contribution in [3.05, 3.63) is 35.9 Å². The highest BCUT2D eigenvalue weighted by molar-refractivity contribution is 6.28. The van der Waals surface area contributed by atoms with E-state index in [4.69, 9.17) is 21.1 Å². The fourth-order valence-electron chi connectivity index (χ4n) is 1.49.